The fourth-order valence-corrected chi connectivity index (χ4v) is 5.66. The molecule has 4 amide bonds. The summed E-state index contributed by atoms with van der Waals surface area (Å²) in [4.78, 5) is 56.8. The van der Waals surface area contributed by atoms with Crippen molar-refractivity contribution in [2.24, 2.45) is 0 Å². The summed E-state index contributed by atoms with van der Waals surface area (Å²) in [6, 6.07) is 29.2. The summed E-state index contributed by atoms with van der Waals surface area (Å²) < 4.78 is 10.5. The maximum atomic E-state index is 13.8. The van der Waals surface area contributed by atoms with Gasteiger partial charge in [-0.3, -0.25) is 24.1 Å². The van der Waals surface area contributed by atoms with Crippen LogP contribution in [0.4, 0.5) is 17.1 Å². The second-order valence-corrected chi connectivity index (χ2v) is 11.4. The minimum Gasteiger partial charge on any atom is -0.497 e. The predicted molar refractivity (Wildman–Crippen MR) is 185 cm³/mol. The first-order chi connectivity index (χ1) is 23.2. The van der Waals surface area contributed by atoms with Gasteiger partial charge in [0.25, 0.3) is 5.91 Å². The second kappa shape index (κ2) is 15.1. The van der Waals surface area contributed by atoms with Crippen molar-refractivity contribution in [3.8, 4) is 11.5 Å². The molecule has 4 aromatic carbocycles. The number of anilines is 3. The van der Waals surface area contributed by atoms with Crippen molar-refractivity contribution in [2.45, 2.75) is 31.3 Å². The van der Waals surface area contributed by atoms with Crippen LogP contribution in [0.2, 0.25) is 0 Å². The number of nitrogens with one attached hydrogen (secondary N) is 2. The first kappa shape index (κ1) is 33.5. The number of likely N-dealkylation sites (N-methyl/N-ethyl adjacent to an activating group) is 1. The molecule has 0 radical (unpaired) electrons. The molecule has 0 saturated carbocycles. The van der Waals surface area contributed by atoms with Crippen molar-refractivity contribution in [2.75, 3.05) is 31.1 Å². The number of carbonyl (C=O) groups excluding carboxylic acids is 4. The SMILES string of the molecule is COc1ccc(N(C)C(=O)[C@@H](NC(=O)/C=C\C(=O)N[C@H]2Cc3ccccc3N(c3ccc(OC)cc3)C2=O)[C@H](C)c2ccccc2)cc1. The van der Waals surface area contributed by atoms with E-state index >= 15 is 0 Å². The van der Waals surface area contributed by atoms with Crippen LogP contribution in [0.3, 0.4) is 0 Å². The van der Waals surface area contributed by atoms with E-state index in [4.69, 9.17) is 9.47 Å². The van der Waals surface area contributed by atoms with Gasteiger partial charge in [0.15, 0.2) is 0 Å². The Bertz CT molecular complexity index is 1790. The monoisotopic (exact) mass is 646 g/mol. The van der Waals surface area contributed by atoms with Crippen molar-refractivity contribution in [3.63, 3.8) is 0 Å². The second-order valence-electron chi connectivity index (χ2n) is 11.4. The highest BCUT2D eigenvalue weighted by Crippen LogP contribution is 2.35. The van der Waals surface area contributed by atoms with Gasteiger partial charge in [-0.25, -0.2) is 0 Å². The lowest BCUT2D eigenvalue weighted by Gasteiger charge is -2.34. The van der Waals surface area contributed by atoms with Crippen LogP contribution < -0.4 is 29.9 Å². The van der Waals surface area contributed by atoms with Gasteiger partial charge in [-0.15, -0.1) is 0 Å². The number of amides is 4. The lowest BCUT2D eigenvalue weighted by molar-refractivity contribution is -0.126. The van der Waals surface area contributed by atoms with Gasteiger partial charge in [0.2, 0.25) is 17.7 Å². The van der Waals surface area contributed by atoms with Gasteiger partial charge in [0, 0.05) is 42.9 Å². The van der Waals surface area contributed by atoms with Crippen LogP contribution in [-0.4, -0.2) is 57.0 Å². The minimum absolute atomic E-state index is 0.288. The summed E-state index contributed by atoms with van der Waals surface area (Å²) in [7, 11) is 4.77. The Hall–Kier alpha value is -5.90. The molecule has 0 unspecified atom stereocenters. The number of benzene rings is 4. The van der Waals surface area contributed by atoms with E-state index in [1.807, 2.05) is 61.5 Å². The molecule has 0 aromatic heterocycles. The first-order valence-corrected chi connectivity index (χ1v) is 15.5. The molecule has 1 aliphatic heterocycles. The molecule has 1 heterocycles. The zero-order chi connectivity index (χ0) is 34.2. The van der Waals surface area contributed by atoms with E-state index in [9.17, 15) is 19.2 Å². The molecule has 1 aliphatic rings. The van der Waals surface area contributed by atoms with Crippen molar-refractivity contribution < 1.29 is 28.7 Å². The molecule has 2 N–H and O–H groups in total. The number of nitrogens with zero attached hydrogens (tertiary/aromatic N) is 2. The third kappa shape index (κ3) is 7.55. The first-order valence-electron chi connectivity index (χ1n) is 15.5. The fourth-order valence-electron chi connectivity index (χ4n) is 5.66. The highest BCUT2D eigenvalue weighted by molar-refractivity contribution is 6.08. The number of hydrogen-bond donors (Lipinski definition) is 2. The third-order valence-corrected chi connectivity index (χ3v) is 8.39. The van der Waals surface area contributed by atoms with Crippen molar-refractivity contribution >= 4 is 40.7 Å². The van der Waals surface area contributed by atoms with E-state index in [2.05, 4.69) is 10.6 Å². The lowest BCUT2D eigenvalue weighted by atomic mass is 9.92. The van der Waals surface area contributed by atoms with Crippen LogP contribution in [0.25, 0.3) is 0 Å². The van der Waals surface area contributed by atoms with Gasteiger partial charge in [0.05, 0.1) is 19.9 Å². The number of ether oxygens (including phenoxy) is 2. The Morgan fingerprint density at radius 1 is 0.812 bits per heavy atom. The standard InChI is InChI=1S/C38H38N4O6/c1-25(26-10-6-5-7-11-26)36(38(46)41(2)28-14-18-30(47-3)19-15-28)40-35(44)23-22-34(43)39-32-24-27-12-8-9-13-33(27)42(37(32)45)29-16-20-31(48-4)21-17-29/h5-23,25,32,36H,24H2,1-4H3,(H,39,43)(H,40,44)/b23-22-/t25-,32+,36+/m1/s1. The molecule has 0 bridgehead atoms. The van der Waals surface area contributed by atoms with Crippen LogP contribution in [-0.2, 0) is 25.6 Å². The van der Waals surface area contributed by atoms with Crippen LogP contribution in [0.5, 0.6) is 11.5 Å². The number of para-hydroxylation sites is 1. The number of fused-ring (bicyclic) bond motifs is 1. The van der Waals surface area contributed by atoms with Crippen LogP contribution in [0, 0.1) is 0 Å². The van der Waals surface area contributed by atoms with Crippen LogP contribution in [0.1, 0.15) is 24.0 Å². The summed E-state index contributed by atoms with van der Waals surface area (Å²) in [5.41, 5.74) is 3.73. The van der Waals surface area contributed by atoms with Gasteiger partial charge in [-0.1, -0.05) is 55.5 Å². The van der Waals surface area contributed by atoms with Crippen molar-refractivity contribution in [1.29, 1.82) is 0 Å². The maximum absolute atomic E-state index is 13.8. The summed E-state index contributed by atoms with van der Waals surface area (Å²) in [6.45, 7) is 1.86. The number of rotatable bonds is 11. The Kier molecular flexibility index (Phi) is 10.5. The van der Waals surface area contributed by atoms with E-state index in [1.54, 1.807) is 74.7 Å². The molecule has 0 fully saturated rings. The zero-order valence-corrected chi connectivity index (χ0v) is 27.3. The maximum Gasteiger partial charge on any atom is 0.254 e. The molecule has 246 valence electrons. The molecule has 0 spiro atoms. The number of carbonyl (C=O) groups is 4. The number of hydrogen-bond acceptors (Lipinski definition) is 6. The highest BCUT2D eigenvalue weighted by Gasteiger charge is 2.35. The quantitative estimate of drug-likeness (QED) is 0.224. The van der Waals surface area contributed by atoms with E-state index < -0.39 is 29.8 Å². The number of methoxy groups -OCH3 is 2. The van der Waals surface area contributed by atoms with E-state index in [1.165, 1.54) is 4.90 Å². The Morgan fingerprint density at radius 2 is 1.40 bits per heavy atom. The Balaban J connectivity index is 1.30. The molecule has 48 heavy (non-hydrogen) atoms. The normalized spacial score (nSPS) is 15.2. The summed E-state index contributed by atoms with van der Waals surface area (Å²) in [5, 5.41) is 5.55. The molecular weight excluding hydrogens is 608 g/mol. The van der Waals surface area contributed by atoms with Crippen molar-refractivity contribution in [1.82, 2.24) is 10.6 Å². The summed E-state index contributed by atoms with van der Waals surface area (Å²) >= 11 is 0. The van der Waals surface area contributed by atoms with E-state index in [0.29, 0.717) is 22.9 Å². The fraction of sp³-hybridized carbons (Fsp3) is 0.211. The largest absolute Gasteiger partial charge is 0.497 e. The van der Waals surface area contributed by atoms with Crippen LogP contribution in [0.15, 0.2) is 115 Å². The minimum atomic E-state index is -0.950. The molecule has 4 aromatic rings. The molecule has 3 atom stereocenters. The summed E-state index contributed by atoms with van der Waals surface area (Å²) in [5.74, 6) is -0.991. The average molecular weight is 647 g/mol. The predicted octanol–water partition coefficient (Wildman–Crippen LogP) is 4.92. The smallest absolute Gasteiger partial charge is 0.254 e. The average Bonchev–Trinajstić information content (AvgIpc) is 3.13. The Labute approximate surface area is 280 Å². The van der Waals surface area contributed by atoms with Gasteiger partial charge in [-0.2, -0.15) is 0 Å². The van der Waals surface area contributed by atoms with E-state index in [-0.39, 0.29) is 18.2 Å². The molecule has 5 rings (SSSR count). The van der Waals surface area contributed by atoms with Crippen LogP contribution >= 0.6 is 0 Å². The zero-order valence-electron chi connectivity index (χ0n) is 27.3. The van der Waals surface area contributed by atoms with Gasteiger partial charge in [0.1, 0.15) is 23.6 Å². The Morgan fingerprint density at radius 3 is 2.04 bits per heavy atom. The molecule has 10 heteroatoms. The van der Waals surface area contributed by atoms with Crippen molar-refractivity contribution in [3.05, 3.63) is 126 Å². The molecular formula is C38H38N4O6. The topological polar surface area (TPSA) is 117 Å². The lowest BCUT2D eigenvalue weighted by Crippen LogP contribution is -2.51. The highest BCUT2D eigenvalue weighted by atomic mass is 16.5. The van der Waals surface area contributed by atoms with Gasteiger partial charge < -0.3 is 25.0 Å². The molecule has 10 nitrogen and oxygen atoms in total. The molecule has 0 aliphatic carbocycles. The molecule has 0 saturated heterocycles. The van der Waals surface area contributed by atoms with Gasteiger partial charge in [-0.05, 0) is 65.7 Å². The van der Waals surface area contributed by atoms with Gasteiger partial charge >= 0.3 is 0 Å². The third-order valence-electron chi connectivity index (χ3n) is 8.39. The summed E-state index contributed by atoms with van der Waals surface area (Å²) in [6.07, 6.45) is 2.43. The van der Waals surface area contributed by atoms with E-state index in [0.717, 1.165) is 29.0 Å².